The Morgan fingerprint density at radius 2 is 1.69 bits per heavy atom. The highest BCUT2D eigenvalue weighted by Crippen LogP contribution is 2.36. The molecule has 10 nitrogen and oxygen atoms in total. The van der Waals surface area contributed by atoms with E-state index in [2.05, 4.69) is 21.4 Å². The molecule has 4 aromatic heterocycles. The number of nitrogens with two attached hydrogens (primary N) is 1. The van der Waals surface area contributed by atoms with Crippen LogP contribution < -0.4 is 11.1 Å². The van der Waals surface area contributed by atoms with Crippen molar-refractivity contribution in [1.29, 1.82) is 0 Å². The average Bonchev–Trinajstić information content (AvgIpc) is 3.62. The van der Waals surface area contributed by atoms with Gasteiger partial charge in [0.15, 0.2) is 11.5 Å². The summed E-state index contributed by atoms with van der Waals surface area (Å²) in [6, 6.07) is 11.5. The van der Waals surface area contributed by atoms with E-state index in [-0.39, 0.29) is 17.7 Å². The van der Waals surface area contributed by atoms with Crippen LogP contribution in [0.2, 0.25) is 0 Å². The van der Waals surface area contributed by atoms with Crippen molar-refractivity contribution in [3.8, 4) is 17.1 Å². The number of nitrogens with zero attached hydrogens (tertiary/aromatic N) is 5. The molecule has 2 aliphatic rings. The van der Waals surface area contributed by atoms with Crippen LogP contribution >= 0.6 is 0 Å². The zero-order valence-electron chi connectivity index (χ0n) is 21.6. The third kappa shape index (κ3) is 4.94. The number of rotatable bonds is 6. The standard InChI is InChI=1S/C29H31N7O3/c30-25-21(6-3-15-31-25)26-34-23-13-12-22(17-4-1-2-5-17)33-27(23)36(26)20-11-14-24(32-16-20)35-28(37)18-7-9-19(10-8-18)29(38)39/h3,6,11-19H,1-2,4-5,7-10H2,(H2,30,31)(H,38,39)(H,32,35,37). The maximum Gasteiger partial charge on any atom is 0.306 e. The number of hydrogen-bond donors (Lipinski definition) is 3. The second-order valence-corrected chi connectivity index (χ2v) is 10.5. The minimum atomic E-state index is -0.782. The highest BCUT2D eigenvalue weighted by molar-refractivity contribution is 5.92. The molecule has 0 bridgehead atoms. The molecule has 200 valence electrons. The van der Waals surface area contributed by atoms with Crippen molar-refractivity contribution in [2.75, 3.05) is 11.1 Å². The molecular weight excluding hydrogens is 494 g/mol. The highest BCUT2D eigenvalue weighted by atomic mass is 16.4. The number of amides is 1. The van der Waals surface area contributed by atoms with Crippen LogP contribution in [0.4, 0.5) is 11.6 Å². The first-order chi connectivity index (χ1) is 19.0. The molecule has 39 heavy (non-hydrogen) atoms. The molecule has 2 aliphatic carbocycles. The molecule has 0 unspecified atom stereocenters. The Labute approximate surface area is 225 Å². The molecule has 0 spiro atoms. The SMILES string of the molecule is Nc1ncccc1-c1nc2ccc(C3CCCC3)nc2n1-c1ccc(NC(=O)C2CCC(C(=O)O)CC2)nc1. The Bertz CT molecular complexity index is 1520. The van der Waals surface area contributed by atoms with Gasteiger partial charge in [-0.15, -0.1) is 0 Å². The van der Waals surface area contributed by atoms with Gasteiger partial charge in [-0.05, 0) is 74.9 Å². The van der Waals surface area contributed by atoms with Crippen molar-refractivity contribution >= 4 is 34.7 Å². The fourth-order valence-electron chi connectivity index (χ4n) is 5.88. The summed E-state index contributed by atoms with van der Waals surface area (Å²) in [7, 11) is 0. The highest BCUT2D eigenvalue weighted by Gasteiger charge is 2.30. The van der Waals surface area contributed by atoms with Gasteiger partial charge in [-0.1, -0.05) is 12.8 Å². The summed E-state index contributed by atoms with van der Waals surface area (Å²) in [5.74, 6) is 0.413. The summed E-state index contributed by atoms with van der Waals surface area (Å²) in [4.78, 5) is 42.8. The van der Waals surface area contributed by atoms with Crippen LogP contribution in [0.5, 0.6) is 0 Å². The number of aliphatic carboxylic acids is 1. The zero-order chi connectivity index (χ0) is 26.9. The van der Waals surface area contributed by atoms with Crippen LogP contribution in [0.25, 0.3) is 28.2 Å². The molecule has 0 atom stereocenters. The van der Waals surface area contributed by atoms with Gasteiger partial charge in [0.05, 0.1) is 23.4 Å². The van der Waals surface area contributed by atoms with Crippen molar-refractivity contribution in [2.45, 2.75) is 57.3 Å². The molecule has 4 N–H and O–H groups in total. The van der Waals surface area contributed by atoms with Crippen LogP contribution in [-0.2, 0) is 9.59 Å². The van der Waals surface area contributed by atoms with E-state index in [4.69, 9.17) is 15.7 Å². The molecule has 4 aromatic rings. The normalized spacial score (nSPS) is 19.8. The van der Waals surface area contributed by atoms with Crippen LogP contribution in [0, 0.1) is 11.8 Å². The van der Waals surface area contributed by atoms with Crippen molar-refractivity contribution < 1.29 is 14.7 Å². The topological polar surface area (TPSA) is 149 Å². The fourth-order valence-corrected chi connectivity index (χ4v) is 5.88. The quantitative estimate of drug-likeness (QED) is 0.320. The van der Waals surface area contributed by atoms with Gasteiger partial charge in [0.1, 0.15) is 17.2 Å². The number of nitrogen functional groups attached to an aromatic ring is 1. The van der Waals surface area contributed by atoms with Crippen LogP contribution in [0.1, 0.15) is 63.0 Å². The van der Waals surface area contributed by atoms with E-state index >= 15 is 0 Å². The number of imidazole rings is 1. The lowest BCUT2D eigenvalue weighted by Crippen LogP contribution is -2.29. The monoisotopic (exact) mass is 525 g/mol. The largest absolute Gasteiger partial charge is 0.481 e. The van der Waals surface area contributed by atoms with Gasteiger partial charge in [0.2, 0.25) is 5.91 Å². The molecule has 6 rings (SSSR count). The number of fused-ring (bicyclic) bond motifs is 1. The first kappa shape index (κ1) is 25.0. The van der Waals surface area contributed by atoms with E-state index in [0.717, 1.165) is 35.4 Å². The lowest BCUT2D eigenvalue weighted by molar-refractivity contribution is -0.143. The molecule has 10 heteroatoms. The maximum atomic E-state index is 12.8. The molecule has 2 fully saturated rings. The van der Waals surface area contributed by atoms with Gasteiger partial charge < -0.3 is 16.2 Å². The average molecular weight is 526 g/mol. The number of pyridine rings is 3. The summed E-state index contributed by atoms with van der Waals surface area (Å²) >= 11 is 0. The Balaban J connectivity index is 1.31. The van der Waals surface area contributed by atoms with Crippen LogP contribution in [-0.4, -0.2) is 41.5 Å². The third-order valence-corrected chi connectivity index (χ3v) is 8.08. The van der Waals surface area contributed by atoms with Crippen molar-refractivity contribution in [1.82, 2.24) is 24.5 Å². The lowest BCUT2D eigenvalue weighted by Gasteiger charge is -2.25. The second kappa shape index (κ2) is 10.4. The van der Waals surface area contributed by atoms with Gasteiger partial charge in [0.25, 0.3) is 0 Å². The van der Waals surface area contributed by atoms with E-state index in [1.54, 1.807) is 18.5 Å². The van der Waals surface area contributed by atoms with Gasteiger partial charge >= 0.3 is 5.97 Å². The van der Waals surface area contributed by atoms with Crippen molar-refractivity contribution in [2.24, 2.45) is 11.8 Å². The minimum Gasteiger partial charge on any atom is -0.481 e. The van der Waals surface area contributed by atoms with Gasteiger partial charge in [0, 0.05) is 23.7 Å². The van der Waals surface area contributed by atoms with Crippen molar-refractivity contribution in [3.05, 3.63) is 54.5 Å². The predicted octanol–water partition coefficient (Wildman–Crippen LogP) is 4.95. The molecule has 0 aromatic carbocycles. The van der Waals surface area contributed by atoms with Gasteiger partial charge in [-0.25, -0.2) is 19.9 Å². The number of hydrogen-bond acceptors (Lipinski definition) is 7. The number of carboxylic acid groups (broad SMARTS) is 1. The summed E-state index contributed by atoms with van der Waals surface area (Å²) in [5, 5.41) is 12.1. The summed E-state index contributed by atoms with van der Waals surface area (Å²) in [5.41, 5.74) is 10.2. The number of nitrogens with one attached hydrogen (secondary N) is 1. The first-order valence-corrected chi connectivity index (χ1v) is 13.6. The molecule has 1 amide bonds. The summed E-state index contributed by atoms with van der Waals surface area (Å²) in [6.07, 6.45) is 10.2. The second-order valence-electron chi connectivity index (χ2n) is 10.5. The van der Waals surface area contributed by atoms with E-state index < -0.39 is 5.97 Å². The third-order valence-electron chi connectivity index (χ3n) is 8.08. The van der Waals surface area contributed by atoms with E-state index in [0.29, 0.717) is 54.6 Å². The molecule has 0 aliphatic heterocycles. The van der Waals surface area contributed by atoms with Crippen LogP contribution in [0.15, 0.2) is 48.8 Å². The van der Waals surface area contributed by atoms with E-state index in [1.807, 2.05) is 28.8 Å². The minimum absolute atomic E-state index is 0.126. The Kier molecular flexibility index (Phi) is 6.68. The number of aromatic nitrogens is 5. The number of carboxylic acids is 1. The molecule has 0 saturated heterocycles. The number of carbonyl (C=O) groups is 2. The smallest absolute Gasteiger partial charge is 0.306 e. The number of anilines is 2. The lowest BCUT2D eigenvalue weighted by atomic mass is 9.81. The molecule has 4 heterocycles. The number of carbonyl (C=O) groups excluding carboxylic acids is 1. The van der Waals surface area contributed by atoms with E-state index in [1.165, 1.54) is 12.8 Å². The van der Waals surface area contributed by atoms with Crippen LogP contribution in [0.3, 0.4) is 0 Å². The Hall–Kier alpha value is -4.34. The zero-order valence-corrected chi connectivity index (χ0v) is 21.6. The Morgan fingerprint density at radius 1 is 0.923 bits per heavy atom. The van der Waals surface area contributed by atoms with Gasteiger partial charge in [-0.2, -0.15) is 0 Å². The fraction of sp³-hybridized carbons (Fsp3) is 0.379. The van der Waals surface area contributed by atoms with E-state index in [9.17, 15) is 14.7 Å². The molecule has 2 saturated carbocycles. The summed E-state index contributed by atoms with van der Waals surface area (Å²) in [6.45, 7) is 0. The Morgan fingerprint density at radius 3 is 2.38 bits per heavy atom. The molecular formula is C29H31N7O3. The maximum absolute atomic E-state index is 12.8. The molecule has 0 radical (unpaired) electrons. The first-order valence-electron chi connectivity index (χ1n) is 13.6. The predicted molar refractivity (Wildman–Crippen MR) is 147 cm³/mol. The van der Waals surface area contributed by atoms with Crippen molar-refractivity contribution in [3.63, 3.8) is 0 Å². The van der Waals surface area contributed by atoms with Gasteiger partial charge in [-0.3, -0.25) is 14.2 Å². The summed E-state index contributed by atoms with van der Waals surface area (Å²) < 4.78 is 1.95.